The van der Waals surface area contributed by atoms with Crippen LogP contribution in [0.4, 0.5) is 5.69 Å². The molecule has 22 heavy (non-hydrogen) atoms. The second-order valence-electron chi connectivity index (χ2n) is 6.52. The minimum atomic E-state index is -0.260. The Morgan fingerprint density at radius 3 is 2.41 bits per heavy atom. The number of hydrogen-bond acceptors (Lipinski definition) is 2. The number of likely N-dealkylation sites (N-methyl/N-ethyl adjacent to an activating group) is 1. The van der Waals surface area contributed by atoms with Crippen molar-refractivity contribution in [1.29, 1.82) is 0 Å². The van der Waals surface area contributed by atoms with Gasteiger partial charge in [-0.05, 0) is 64.0 Å². The van der Waals surface area contributed by atoms with Crippen molar-refractivity contribution in [3.63, 3.8) is 0 Å². The van der Waals surface area contributed by atoms with Gasteiger partial charge in [0, 0.05) is 12.6 Å². The maximum Gasteiger partial charge on any atom is 0.239 e. The van der Waals surface area contributed by atoms with Gasteiger partial charge in [0.15, 0.2) is 5.11 Å². The molecule has 0 bridgehead atoms. The average Bonchev–Trinajstić information content (AvgIpc) is 2.30. The van der Waals surface area contributed by atoms with Crippen LogP contribution < -0.4 is 10.6 Å². The smallest absolute Gasteiger partial charge is 0.239 e. The predicted octanol–water partition coefficient (Wildman–Crippen LogP) is 3.50. The van der Waals surface area contributed by atoms with Gasteiger partial charge in [-0.15, -0.1) is 0 Å². The first-order chi connectivity index (χ1) is 9.99. The molecule has 1 rings (SSSR count). The molecule has 0 saturated carbocycles. The minimum absolute atomic E-state index is 0.0779. The predicted molar refractivity (Wildman–Crippen MR) is 97.7 cm³/mol. The molecule has 1 amide bonds. The molecule has 6 heteroatoms. The number of thiocarbonyl (C=S) groups is 1. The molecule has 0 radical (unpaired) electrons. The molecule has 122 valence electrons. The van der Waals surface area contributed by atoms with Crippen molar-refractivity contribution in [2.75, 3.05) is 18.9 Å². The fourth-order valence-electron chi connectivity index (χ4n) is 2.02. The Kier molecular flexibility index (Phi) is 6.20. The Morgan fingerprint density at radius 2 is 1.91 bits per heavy atom. The molecule has 4 nitrogen and oxygen atoms in total. The quantitative estimate of drug-likeness (QED) is 0.826. The lowest BCUT2D eigenvalue weighted by Crippen LogP contribution is -2.47. The van der Waals surface area contributed by atoms with Crippen LogP contribution in [0, 0.1) is 13.8 Å². The Bertz CT molecular complexity index is 558. The van der Waals surface area contributed by atoms with E-state index < -0.39 is 0 Å². The lowest BCUT2D eigenvalue weighted by Gasteiger charge is -2.25. The molecule has 0 saturated heterocycles. The highest BCUT2D eigenvalue weighted by atomic mass is 35.5. The molecule has 0 atom stereocenters. The van der Waals surface area contributed by atoms with E-state index in [2.05, 4.69) is 10.6 Å². The van der Waals surface area contributed by atoms with Gasteiger partial charge < -0.3 is 15.5 Å². The van der Waals surface area contributed by atoms with Crippen molar-refractivity contribution in [2.24, 2.45) is 0 Å². The van der Waals surface area contributed by atoms with Gasteiger partial charge >= 0.3 is 0 Å². The van der Waals surface area contributed by atoms with Gasteiger partial charge in [0.1, 0.15) is 0 Å². The lowest BCUT2D eigenvalue weighted by molar-refractivity contribution is -0.122. The van der Waals surface area contributed by atoms with Crippen molar-refractivity contribution in [2.45, 2.75) is 40.2 Å². The van der Waals surface area contributed by atoms with Gasteiger partial charge in [-0.1, -0.05) is 17.7 Å². The zero-order valence-corrected chi connectivity index (χ0v) is 15.6. The lowest BCUT2D eigenvalue weighted by atomic mass is 10.1. The van der Waals surface area contributed by atoms with Crippen LogP contribution in [0.5, 0.6) is 0 Å². The van der Waals surface area contributed by atoms with Gasteiger partial charge in [0.2, 0.25) is 5.91 Å². The number of aryl methyl sites for hydroxylation is 2. The van der Waals surface area contributed by atoms with E-state index in [4.69, 9.17) is 23.8 Å². The zero-order chi connectivity index (χ0) is 17.1. The van der Waals surface area contributed by atoms with E-state index in [0.717, 1.165) is 16.8 Å². The highest BCUT2D eigenvalue weighted by Crippen LogP contribution is 2.27. The largest absolute Gasteiger partial charge is 0.350 e. The van der Waals surface area contributed by atoms with Crippen LogP contribution in [-0.4, -0.2) is 35.1 Å². The number of carbonyl (C=O) groups excluding carboxylic acids is 1. The molecule has 0 fully saturated rings. The summed E-state index contributed by atoms with van der Waals surface area (Å²) in [5, 5.41) is 7.10. The Balaban J connectivity index is 2.71. The molecule has 0 aliphatic carbocycles. The number of halogens is 1. The summed E-state index contributed by atoms with van der Waals surface area (Å²) in [4.78, 5) is 13.6. The van der Waals surface area contributed by atoms with Crippen LogP contribution in [0.15, 0.2) is 12.1 Å². The van der Waals surface area contributed by atoms with Gasteiger partial charge in [0.25, 0.3) is 0 Å². The number of benzene rings is 1. The first kappa shape index (κ1) is 18.7. The van der Waals surface area contributed by atoms with Crippen LogP contribution in [0.2, 0.25) is 5.02 Å². The Morgan fingerprint density at radius 1 is 1.32 bits per heavy atom. The van der Waals surface area contributed by atoms with E-state index in [1.807, 2.05) is 46.8 Å². The molecule has 0 heterocycles. The first-order valence-electron chi connectivity index (χ1n) is 7.09. The van der Waals surface area contributed by atoms with Crippen molar-refractivity contribution >= 4 is 40.5 Å². The molecule has 0 aliphatic heterocycles. The van der Waals surface area contributed by atoms with E-state index in [0.29, 0.717) is 10.1 Å². The van der Waals surface area contributed by atoms with Gasteiger partial charge in [-0.3, -0.25) is 4.79 Å². The minimum Gasteiger partial charge on any atom is -0.350 e. The van der Waals surface area contributed by atoms with Crippen LogP contribution >= 0.6 is 23.8 Å². The summed E-state index contributed by atoms with van der Waals surface area (Å²) in [5.41, 5.74) is 2.63. The normalized spacial score (nSPS) is 11.0. The third kappa shape index (κ3) is 5.81. The Labute approximate surface area is 143 Å². The van der Waals surface area contributed by atoms with E-state index >= 15 is 0 Å². The second kappa shape index (κ2) is 7.29. The highest BCUT2D eigenvalue weighted by Gasteiger charge is 2.17. The summed E-state index contributed by atoms with van der Waals surface area (Å²) in [7, 11) is 1.77. The zero-order valence-electron chi connectivity index (χ0n) is 14.0. The van der Waals surface area contributed by atoms with Gasteiger partial charge in [0.05, 0.1) is 17.3 Å². The number of nitrogens with zero attached hydrogens (tertiary/aromatic N) is 1. The molecular weight excluding hydrogens is 318 g/mol. The first-order valence-corrected chi connectivity index (χ1v) is 7.88. The van der Waals surface area contributed by atoms with Crippen molar-refractivity contribution < 1.29 is 4.79 Å². The summed E-state index contributed by atoms with van der Waals surface area (Å²) < 4.78 is 0. The fourth-order valence-corrected chi connectivity index (χ4v) is 2.56. The summed E-state index contributed by atoms with van der Waals surface area (Å²) in [6.45, 7) is 9.97. The van der Waals surface area contributed by atoms with E-state index in [1.165, 1.54) is 0 Å². The molecule has 0 spiro atoms. The topological polar surface area (TPSA) is 44.4 Å². The van der Waals surface area contributed by atoms with E-state index in [1.54, 1.807) is 11.9 Å². The molecule has 0 aliphatic rings. The maximum atomic E-state index is 11.9. The molecule has 1 aromatic rings. The molecule has 0 unspecified atom stereocenters. The van der Waals surface area contributed by atoms with Crippen LogP contribution in [0.3, 0.4) is 0 Å². The molecule has 1 aromatic carbocycles. The van der Waals surface area contributed by atoms with E-state index in [-0.39, 0.29) is 18.0 Å². The molecular formula is C16H24ClN3OS. The molecule has 2 N–H and O–H groups in total. The summed E-state index contributed by atoms with van der Waals surface area (Å²) >= 11 is 11.6. The highest BCUT2D eigenvalue weighted by molar-refractivity contribution is 7.80. The Hall–Kier alpha value is -1.33. The number of amides is 1. The standard InChI is InChI=1S/C16H24ClN3OS/c1-10-7-11(2)14(12(17)8-10)18-15(22)20(6)9-13(21)19-16(3,4)5/h7-8H,9H2,1-6H3,(H,18,22)(H,19,21). The summed E-state index contributed by atoms with van der Waals surface area (Å²) in [6.07, 6.45) is 0. The summed E-state index contributed by atoms with van der Waals surface area (Å²) in [6, 6.07) is 3.91. The van der Waals surface area contributed by atoms with Crippen molar-refractivity contribution in [3.8, 4) is 0 Å². The third-order valence-corrected chi connectivity index (χ3v) is 3.62. The number of carbonyl (C=O) groups is 1. The number of hydrogen-bond donors (Lipinski definition) is 2. The van der Waals surface area contributed by atoms with Crippen molar-refractivity contribution in [1.82, 2.24) is 10.2 Å². The maximum absolute atomic E-state index is 11.9. The average molecular weight is 342 g/mol. The second-order valence-corrected chi connectivity index (χ2v) is 7.32. The summed E-state index contributed by atoms with van der Waals surface area (Å²) in [5.74, 6) is -0.0779. The number of nitrogens with one attached hydrogen (secondary N) is 2. The van der Waals surface area contributed by atoms with Gasteiger partial charge in [-0.2, -0.15) is 0 Å². The number of anilines is 1. The van der Waals surface area contributed by atoms with Gasteiger partial charge in [-0.25, -0.2) is 0 Å². The number of rotatable bonds is 3. The monoisotopic (exact) mass is 341 g/mol. The van der Waals surface area contributed by atoms with Crippen molar-refractivity contribution in [3.05, 3.63) is 28.3 Å². The molecule has 0 aromatic heterocycles. The van der Waals surface area contributed by atoms with Crippen LogP contribution in [0.25, 0.3) is 0 Å². The third-order valence-electron chi connectivity index (χ3n) is 2.91. The fraction of sp³-hybridized carbons (Fsp3) is 0.500. The van der Waals surface area contributed by atoms with Crippen LogP contribution in [0.1, 0.15) is 31.9 Å². The van der Waals surface area contributed by atoms with Crippen LogP contribution in [-0.2, 0) is 4.79 Å². The SMILES string of the molecule is Cc1cc(C)c(NC(=S)N(C)CC(=O)NC(C)(C)C)c(Cl)c1. The van der Waals surface area contributed by atoms with E-state index in [9.17, 15) is 4.79 Å².